The minimum Gasteiger partial charge on any atom is -0.368 e. The first-order valence-electron chi connectivity index (χ1n) is 4.34. The molecule has 2 saturated heterocycles. The Morgan fingerprint density at radius 3 is 3.00 bits per heavy atom. The number of hydrogen-bond donors (Lipinski definition) is 1. The van der Waals surface area contributed by atoms with E-state index in [1.54, 1.807) is 0 Å². The summed E-state index contributed by atoms with van der Waals surface area (Å²) in [6.45, 7) is 1.21. The zero-order valence-electron chi connectivity index (χ0n) is 6.92. The molecule has 0 aromatic carbocycles. The standard InChI is InChI=1S/C8H13FN2O/c9-6-4-8(7(10)12)2-1-3-11(8)5-6/h6H,1-5H2,(H2,10,12)/t6-,8-/m0/s1. The molecule has 68 valence electrons. The van der Waals surface area contributed by atoms with E-state index >= 15 is 0 Å². The summed E-state index contributed by atoms with van der Waals surface area (Å²) in [6.07, 6.45) is 1.15. The predicted molar refractivity (Wildman–Crippen MR) is 42.2 cm³/mol. The molecular formula is C8H13FN2O. The summed E-state index contributed by atoms with van der Waals surface area (Å²) in [4.78, 5) is 13.1. The average molecular weight is 172 g/mol. The lowest BCUT2D eigenvalue weighted by Gasteiger charge is -2.27. The second kappa shape index (κ2) is 2.42. The second-order valence-corrected chi connectivity index (χ2v) is 3.75. The van der Waals surface area contributed by atoms with Crippen LogP contribution in [0.3, 0.4) is 0 Å². The Kier molecular flexibility index (Phi) is 1.61. The van der Waals surface area contributed by atoms with E-state index < -0.39 is 11.7 Å². The van der Waals surface area contributed by atoms with Crippen LogP contribution < -0.4 is 5.73 Å². The van der Waals surface area contributed by atoms with Crippen LogP contribution in [0.1, 0.15) is 19.3 Å². The second-order valence-electron chi connectivity index (χ2n) is 3.75. The monoisotopic (exact) mass is 172 g/mol. The molecule has 0 bridgehead atoms. The first-order valence-corrected chi connectivity index (χ1v) is 4.34. The van der Waals surface area contributed by atoms with Crippen molar-refractivity contribution in [2.45, 2.75) is 31.0 Å². The van der Waals surface area contributed by atoms with Gasteiger partial charge in [0.2, 0.25) is 5.91 Å². The molecule has 4 heteroatoms. The van der Waals surface area contributed by atoms with E-state index in [0.29, 0.717) is 13.0 Å². The molecule has 0 aromatic heterocycles. The van der Waals surface area contributed by atoms with Crippen molar-refractivity contribution in [3.05, 3.63) is 0 Å². The molecule has 2 atom stereocenters. The fraction of sp³-hybridized carbons (Fsp3) is 0.875. The van der Waals surface area contributed by atoms with Crippen molar-refractivity contribution in [3.8, 4) is 0 Å². The number of hydrogen-bond acceptors (Lipinski definition) is 2. The molecule has 0 saturated carbocycles. The maximum Gasteiger partial charge on any atom is 0.238 e. The highest BCUT2D eigenvalue weighted by atomic mass is 19.1. The minimum absolute atomic E-state index is 0.308. The van der Waals surface area contributed by atoms with Gasteiger partial charge in [-0.05, 0) is 19.4 Å². The van der Waals surface area contributed by atoms with Crippen molar-refractivity contribution in [3.63, 3.8) is 0 Å². The average Bonchev–Trinajstić information content (AvgIpc) is 2.42. The van der Waals surface area contributed by atoms with Crippen LogP contribution in [0.25, 0.3) is 0 Å². The number of amides is 1. The summed E-state index contributed by atoms with van der Waals surface area (Å²) in [7, 11) is 0. The SMILES string of the molecule is NC(=O)[C@@]12CCCN1C[C@@H](F)C2. The number of fused-ring (bicyclic) bond motifs is 1. The number of halogens is 1. The molecule has 2 heterocycles. The molecule has 0 unspecified atom stereocenters. The van der Waals surface area contributed by atoms with E-state index in [-0.39, 0.29) is 5.91 Å². The van der Waals surface area contributed by atoms with E-state index in [4.69, 9.17) is 5.73 Å². The molecule has 3 nitrogen and oxygen atoms in total. The van der Waals surface area contributed by atoms with Gasteiger partial charge in [0.25, 0.3) is 0 Å². The van der Waals surface area contributed by atoms with Crippen molar-refractivity contribution in [2.75, 3.05) is 13.1 Å². The summed E-state index contributed by atoms with van der Waals surface area (Å²) in [5, 5.41) is 0. The molecule has 0 radical (unpaired) electrons. The molecule has 0 aliphatic carbocycles. The van der Waals surface area contributed by atoms with Gasteiger partial charge in [0.05, 0.1) is 0 Å². The lowest BCUT2D eigenvalue weighted by molar-refractivity contribution is -0.127. The van der Waals surface area contributed by atoms with Crippen LogP contribution in [0, 0.1) is 0 Å². The number of nitrogens with two attached hydrogens (primary N) is 1. The summed E-state index contributed by atoms with van der Waals surface area (Å²) in [5.74, 6) is -0.347. The van der Waals surface area contributed by atoms with Gasteiger partial charge in [0.15, 0.2) is 0 Å². The van der Waals surface area contributed by atoms with Crippen molar-refractivity contribution in [1.82, 2.24) is 4.90 Å². The Bertz CT molecular complexity index is 221. The Morgan fingerprint density at radius 2 is 2.42 bits per heavy atom. The Labute approximate surface area is 70.7 Å². The fourth-order valence-electron chi connectivity index (χ4n) is 2.48. The largest absolute Gasteiger partial charge is 0.368 e. The molecule has 0 spiro atoms. The summed E-state index contributed by atoms with van der Waals surface area (Å²) >= 11 is 0. The molecule has 2 aliphatic heterocycles. The maximum absolute atomic E-state index is 13.0. The van der Waals surface area contributed by atoms with Gasteiger partial charge in [-0.25, -0.2) is 4.39 Å². The lowest BCUT2D eigenvalue weighted by Crippen LogP contribution is -2.49. The van der Waals surface area contributed by atoms with Gasteiger partial charge in [-0.2, -0.15) is 0 Å². The first kappa shape index (κ1) is 7.98. The first-order chi connectivity index (χ1) is 5.65. The Balaban J connectivity index is 2.26. The van der Waals surface area contributed by atoms with Crippen LogP contribution >= 0.6 is 0 Å². The van der Waals surface area contributed by atoms with Crippen molar-refractivity contribution in [1.29, 1.82) is 0 Å². The normalized spacial score (nSPS) is 41.6. The molecule has 2 fully saturated rings. The third-order valence-corrected chi connectivity index (χ3v) is 3.06. The van der Waals surface area contributed by atoms with E-state index in [2.05, 4.69) is 0 Å². The van der Waals surface area contributed by atoms with Crippen molar-refractivity contribution >= 4 is 5.91 Å². The highest BCUT2D eigenvalue weighted by Crippen LogP contribution is 2.39. The quantitative estimate of drug-likeness (QED) is 0.607. The zero-order valence-corrected chi connectivity index (χ0v) is 6.92. The van der Waals surface area contributed by atoms with Gasteiger partial charge >= 0.3 is 0 Å². The van der Waals surface area contributed by atoms with E-state index in [1.807, 2.05) is 4.90 Å². The fourth-order valence-corrected chi connectivity index (χ4v) is 2.48. The highest BCUT2D eigenvalue weighted by Gasteiger charge is 2.52. The number of carbonyl (C=O) groups excluding carboxylic acids is 1. The topological polar surface area (TPSA) is 46.3 Å². The molecule has 2 aliphatic rings. The third-order valence-electron chi connectivity index (χ3n) is 3.06. The van der Waals surface area contributed by atoms with Crippen molar-refractivity contribution < 1.29 is 9.18 Å². The zero-order chi connectivity index (χ0) is 8.77. The molecule has 2 N–H and O–H groups in total. The molecule has 2 rings (SSSR count). The van der Waals surface area contributed by atoms with Gasteiger partial charge in [-0.15, -0.1) is 0 Å². The number of alkyl halides is 1. The molecular weight excluding hydrogens is 159 g/mol. The minimum atomic E-state index is -0.863. The molecule has 12 heavy (non-hydrogen) atoms. The van der Waals surface area contributed by atoms with E-state index in [1.165, 1.54) is 0 Å². The van der Waals surface area contributed by atoms with Gasteiger partial charge in [-0.1, -0.05) is 0 Å². The number of nitrogens with zero attached hydrogens (tertiary/aromatic N) is 1. The van der Waals surface area contributed by atoms with Crippen LogP contribution in [0.4, 0.5) is 4.39 Å². The van der Waals surface area contributed by atoms with Crippen LogP contribution in [-0.4, -0.2) is 35.6 Å². The predicted octanol–water partition coefficient (Wildman–Crippen LogP) is 0.0481. The summed E-state index contributed by atoms with van der Waals surface area (Å²) < 4.78 is 13.0. The maximum atomic E-state index is 13.0. The number of carbonyl (C=O) groups is 1. The van der Waals surface area contributed by atoms with Crippen LogP contribution in [-0.2, 0) is 4.79 Å². The highest BCUT2D eigenvalue weighted by molar-refractivity contribution is 5.85. The summed E-state index contributed by atoms with van der Waals surface area (Å²) in [6, 6.07) is 0. The van der Waals surface area contributed by atoms with Crippen LogP contribution in [0.2, 0.25) is 0 Å². The summed E-state index contributed by atoms with van der Waals surface area (Å²) in [5.41, 5.74) is 4.66. The van der Waals surface area contributed by atoms with Crippen LogP contribution in [0.5, 0.6) is 0 Å². The van der Waals surface area contributed by atoms with E-state index in [9.17, 15) is 9.18 Å². The van der Waals surface area contributed by atoms with E-state index in [0.717, 1.165) is 19.4 Å². The van der Waals surface area contributed by atoms with Gasteiger partial charge in [-0.3, -0.25) is 9.69 Å². The number of primary amides is 1. The lowest BCUT2D eigenvalue weighted by atomic mass is 9.93. The van der Waals surface area contributed by atoms with Crippen molar-refractivity contribution in [2.24, 2.45) is 5.73 Å². The Morgan fingerprint density at radius 1 is 1.67 bits per heavy atom. The smallest absolute Gasteiger partial charge is 0.238 e. The van der Waals surface area contributed by atoms with Gasteiger partial charge < -0.3 is 5.73 Å². The Hall–Kier alpha value is -0.640. The number of rotatable bonds is 1. The van der Waals surface area contributed by atoms with Crippen LogP contribution in [0.15, 0.2) is 0 Å². The molecule has 0 aromatic rings. The van der Waals surface area contributed by atoms with Gasteiger partial charge in [0.1, 0.15) is 11.7 Å². The third kappa shape index (κ3) is 0.874. The van der Waals surface area contributed by atoms with Gasteiger partial charge in [0, 0.05) is 13.0 Å². The molecule has 1 amide bonds.